The highest BCUT2D eigenvalue weighted by Crippen LogP contribution is 2.18. The van der Waals surface area contributed by atoms with Crippen LogP contribution in [-0.2, 0) is 4.74 Å². The van der Waals surface area contributed by atoms with Crippen molar-refractivity contribution in [2.75, 3.05) is 37.5 Å². The standard InChI is InChI=1S/C11H16N2O2S/c1-16-11-3-2-9(6-12-11)13-4-5-15-8-10(14)7-13/h2-3,6,10,14H,4-5,7-8H2,1H3. The number of nitrogens with zero attached hydrogens (tertiary/aromatic N) is 2. The molecule has 2 heterocycles. The van der Waals surface area contributed by atoms with Gasteiger partial charge in [0.05, 0.1) is 36.2 Å². The van der Waals surface area contributed by atoms with Crippen molar-refractivity contribution in [1.29, 1.82) is 0 Å². The fourth-order valence-corrected chi connectivity index (χ4v) is 2.07. The molecule has 1 aliphatic rings. The minimum absolute atomic E-state index is 0.414. The summed E-state index contributed by atoms with van der Waals surface area (Å²) in [6.45, 7) is 2.49. The van der Waals surface area contributed by atoms with Crippen molar-refractivity contribution in [2.24, 2.45) is 0 Å². The third kappa shape index (κ3) is 2.87. The zero-order chi connectivity index (χ0) is 11.4. The topological polar surface area (TPSA) is 45.6 Å². The number of pyridine rings is 1. The number of aliphatic hydroxyl groups is 1. The molecule has 0 bridgehead atoms. The van der Waals surface area contributed by atoms with Gasteiger partial charge in [-0.15, -0.1) is 11.8 Å². The Bertz CT molecular complexity index is 331. The van der Waals surface area contributed by atoms with Crippen LogP contribution in [0.4, 0.5) is 5.69 Å². The Hall–Kier alpha value is -0.780. The minimum atomic E-state index is -0.414. The van der Waals surface area contributed by atoms with E-state index in [-0.39, 0.29) is 0 Å². The van der Waals surface area contributed by atoms with Gasteiger partial charge in [-0.05, 0) is 18.4 Å². The number of hydrogen-bond acceptors (Lipinski definition) is 5. The van der Waals surface area contributed by atoms with Crippen LogP contribution >= 0.6 is 11.8 Å². The number of hydrogen-bond donors (Lipinski definition) is 1. The highest BCUT2D eigenvalue weighted by molar-refractivity contribution is 7.98. The molecule has 0 aliphatic carbocycles. The minimum Gasteiger partial charge on any atom is -0.389 e. The molecule has 1 atom stereocenters. The molecule has 1 fully saturated rings. The lowest BCUT2D eigenvalue weighted by Gasteiger charge is -2.23. The molecule has 16 heavy (non-hydrogen) atoms. The van der Waals surface area contributed by atoms with Gasteiger partial charge in [-0.25, -0.2) is 4.98 Å². The molecule has 1 aromatic rings. The third-order valence-corrected chi connectivity index (χ3v) is 3.20. The number of β-amino-alcohol motifs (C(OH)–C–C–N with tert-alkyl or cyclic N) is 1. The second-order valence-electron chi connectivity index (χ2n) is 3.73. The Kier molecular flexibility index (Phi) is 4.04. The van der Waals surface area contributed by atoms with Crippen LogP contribution in [0.15, 0.2) is 23.4 Å². The molecule has 1 unspecified atom stereocenters. The first-order chi connectivity index (χ1) is 7.79. The van der Waals surface area contributed by atoms with E-state index in [2.05, 4.69) is 9.88 Å². The Balaban J connectivity index is 2.09. The third-order valence-electron chi connectivity index (χ3n) is 2.54. The zero-order valence-electron chi connectivity index (χ0n) is 9.30. The van der Waals surface area contributed by atoms with Crippen molar-refractivity contribution in [3.8, 4) is 0 Å². The highest BCUT2D eigenvalue weighted by atomic mass is 32.2. The molecule has 2 rings (SSSR count). The predicted molar refractivity (Wildman–Crippen MR) is 65.1 cm³/mol. The number of anilines is 1. The van der Waals surface area contributed by atoms with E-state index in [4.69, 9.17) is 4.74 Å². The largest absolute Gasteiger partial charge is 0.389 e. The van der Waals surface area contributed by atoms with E-state index in [1.807, 2.05) is 24.6 Å². The molecule has 1 aliphatic heterocycles. The van der Waals surface area contributed by atoms with E-state index in [0.717, 1.165) is 17.3 Å². The van der Waals surface area contributed by atoms with E-state index < -0.39 is 6.10 Å². The van der Waals surface area contributed by atoms with Gasteiger partial charge in [0.25, 0.3) is 0 Å². The van der Waals surface area contributed by atoms with Crippen LogP contribution in [0.1, 0.15) is 0 Å². The van der Waals surface area contributed by atoms with Gasteiger partial charge in [0.15, 0.2) is 0 Å². The zero-order valence-corrected chi connectivity index (χ0v) is 10.1. The van der Waals surface area contributed by atoms with Crippen molar-refractivity contribution < 1.29 is 9.84 Å². The Morgan fingerprint density at radius 3 is 3.12 bits per heavy atom. The van der Waals surface area contributed by atoms with Crippen LogP contribution in [0.5, 0.6) is 0 Å². The summed E-state index contributed by atoms with van der Waals surface area (Å²) in [5.41, 5.74) is 1.04. The van der Waals surface area contributed by atoms with E-state index in [0.29, 0.717) is 19.8 Å². The van der Waals surface area contributed by atoms with Gasteiger partial charge in [0.1, 0.15) is 0 Å². The quantitative estimate of drug-likeness (QED) is 0.781. The maximum absolute atomic E-state index is 9.63. The number of aromatic nitrogens is 1. The predicted octanol–water partition coefficient (Wildman–Crippen LogP) is 1.00. The SMILES string of the molecule is CSc1ccc(N2CCOCC(O)C2)cn1. The van der Waals surface area contributed by atoms with Crippen LogP contribution in [-0.4, -0.2) is 48.8 Å². The van der Waals surface area contributed by atoms with Crippen molar-refractivity contribution >= 4 is 17.4 Å². The van der Waals surface area contributed by atoms with Gasteiger partial charge < -0.3 is 14.7 Å². The van der Waals surface area contributed by atoms with Crippen molar-refractivity contribution in [3.05, 3.63) is 18.3 Å². The molecule has 1 N–H and O–H groups in total. The van der Waals surface area contributed by atoms with Gasteiger partial charge in [-0.3, -0.25) is 0 Å². The summed E-state index contributed by atoms with van der Waals surface area (Å²) in [6, 6.07) is 4.04. The summed E-state index contributed by atoms with van der Waals surface area (Å²) in [5, 5.41) is 10.6. The van der Waals surface area contributed by atoms with Crippen LogP contribution in [0.2, 0.25) is 0 Å². The summed E-state index contributed by atoms with van der Waals surface area (Å²) in [7, 11) is 0. The van der Waals surface area contributed by atoms with Gasteiger partial charge in [0.2, 0.25) is 0 Å². The van der Waals surface area contributed by atoms with Crippen LogP contribution in [0, 0.1) is 0 Å². The lowest BCUT2D eigenvalue weighted by Crippen LogP contribution is -2.32. The molecule has 0 amide bonds. The normalized spacial score (nSPS) is 21.9. The average Bonchev–Trinajstić information content (AvgIpc) is 2.54. The summed E-state index contributed by atoms with van der Waals surface area (Å²) in [4.78, 5) is 6.43. The fourth-order valence-electron chi connectivity index (χ4n) is 1.71. The summed E-state index contributed by atoms with van der Waals surface area (Å²) in [5.74, 6) is 0. The molecule has 88 valence electrons. The van der Waals surface area contributed by atoms with Crippen LogP contribution in [0.25, 0.3) is 0 Å². The van der Waals surface area contributed by atoms with Gasteiger partial charge in [-0.1, -0.05) is 0 Å². The van der Waals surface area contributed by atoms with Crippen molar-refractivity contribution in [3.63, 3.8) is 0 Å². The molecular weight excluding hydrogens is 224 g/mol. The fraction of sp³-hybridized carbons (Fsp3) is 0.545. The summed E-state index contributed by atoms with van der Waals surface area (Å²) >= 11 is 1.63. The summed E-state index contributed by atoms with van der Waals surface area (Å²) < 4.78 is 5.29. The lowest BCUT2D eigenvalue weighted by atomic mass is 10.3. The molecule has 1 aromatic heterocycles. The van der Waals surface area contributed by atoms with E-state index in [1.165, 1.54) is 0 Å². The van der Waals surface area contributed by atoms with Crippen LogP contribution in [0.3, 0.4) is 0 Å². The Labute approximate surface area is 99.6 Å². The molecule has 0 saturated carbocycles. The average molecular weight is 240 g/mol. The van der Waals surface area contributed by atoms with Gasteiger partial charge in [0, 0.05) is 13.1 Å². The first-order valence-electron chi connectivity index (χ1n) is 5.30. The molecule has 0 spiro atoms. The first kappa shape index (κ1) is 11.7. The smallest absolute Gasteiger partial charge is 0.0958 e. The maximum Gasteiger partial charge on any atom is 0.0958 e. The first-order valence-corrected chi connectivity index (χ1v) is 6.53. The second-order valence-corrected chi connectivity index (χ2v) is 4.56. The molecule has 1 saturated heterocycles. The van der Waals surface area contributed by atoms with Crippen molar-refractivity contribution in [1.82, 2.24) is 4.98 Å². The number of aliphatic hydroxyl groups excluding tert-OH is 1. The Morgan fingerprint density at radius 2 is 2.44 bits per heavy atom. The summed E-state index contributed by atoms with van der Waals surface area (Å²) in [6.07, 6.45) is 3.44. The van der Waals surface area contributed by atoms with Crippen LogP contribution < -0.4 is 4.90 Å². The van der Waals surface area contributed by atoms with E-state index in [1.54, 1.807) is 11.8 Å². The number of ether oxygens (including phenoxy) is 1. The molecular formula is C11H16N2O2S. The second kappa shape index (κ2) is 5.52. The van der Waals surface area contributed by atoms with E-state index in [9.17, 15) is 5.11 Å². The van der Waals surface area contributed by atoms with Gasteiger partial charge >= 0.3 is 0 Å². The molecule has 0 aromatic carbocycles. The van der Waals surface area contributed by atoms with Gasteiger partial charge in [-0.2, -0.15) is 0 Å². The van der Waals surface area contributed by atoms with Crippen molar-refractivity contribution in [2.45, 2.75) is 11.1 Å². The monoisotopic (exact) mass is 240 g/mol. The lowest BCUT2D eigenvalue weighted by molar-refractivity contribution is 0.0597. The molecule has 0 radical (unpaired) electrons. The highest BCUT2D eigenvalue weighted by Gasteiger charge is 2.16. The van der Waals surface area contributed by atoms with E-state index >= 15 is 0 Å². The molecule has 4 nitrogen and oxygen atoms in total. The number of thioether (sulfide) groups is 1. The maximum atomic E-state index is 9.63. The number of rotatable bonds is 2. The molecule has 5 heteroatoms. The Morgan fingerprint density at radius 1 is 1.56 bits per heavy atom.